The molecule has 2 heterocycles. The molecule has 0 saturated heterocycles. The van der Waals surface area contributed by atoms with Gasteiger partial charge < -0.3 is 10.4 Å². The van der Waals surface area contributed by atoms with E-state index in [0.717, 1.165) is 12.1 Å². The Kier molecular flexibility index (Phi) is 4.66. The van der Waals surface area contributed by atoms with Crippen molar-refractivity contribution in [3.8, 4) is 0 Å². The van der Waals surface area contributed by atoms with E-state index in [2.05, 4.69) is 15.4 Å². The molecule has 6 nitrogen and oxygen atoms in total. The van der Waals surface area contributed by atoms with E-state index in [9.17, 15) is 9.90 Å². The van der Waals surface area contributed by atoms with E-state index in [1.54, 1.807) is 18.7 Å². The zero-order valence-electron chi connectivity index (χ0n) is 11.7. The molecule has 20 heavy (non-hydrogen) atoms. The molecule has 0 fully saturated rings. The molecule has 2 rings (SSSR count). The fourth-order valence-electron chi connectivity index (χ4n) is 1.74. The maximum Gasteiger partial charge on any atom is 0.275 e. The van der Waals surface area contributed by atoms with Gasteiger partial charge in [0.2, 0.25) is 10.1 Å². The second kappa shape index (κ2) is 6.11. The first-order chi connectivity index (χ1) is 9.45. The number of rotatable bonds is 6. The number of nitrogens with one attached hydrogen (secondary N) is 1. The summed E-state index contributed by atoms with van der Waals surface area (Å²) >= 11 is 2.89. The van der Waals surface area contributed by atoms with Crippen molar-refractivity contribution >= 4 is 33.2 Å². The summed E-state index contributed by atoms with van der Waals surface area (Å²) in [6.07, 6.45) is 2.66. The minimum Gasteiger partial charge on any atom is -0.387 e. The van der Waals surface area contributed by atoms with Gasteiger partial charge in [0.15, 0.2) is 0 Å². The van der Waals surface area contributed by atoms with Gasteiger partial charge in [0.25, 0.3) is 5.56 Å². The molecule has 2 N–H and O–H groups in total. The van der Waals surface area contributed by atoms with Crippen LogP contribution in [0, 0.1) is 0 Å². The summed E-state index contributed by atoms with van der Waals surface area (Å²) in [6.45, 7) is 4.10. The minimum atomic E-state index is -0.815. The average molecular weight is 314 g/mol. The van der Waals surface area contributed by atoms with Crippen molar-refractivity contribution in [1.29, 1.82) is 0 Å². The molecule has 0 bridgehead atoms. The Bertz CT molecular complexity index is 650. The summed E-state index contributed by atoms with van der Waals surface area (Å²) in [4.78, 5) is 16.8. The van der Waals surface area contributed by atoms with Gasteiger partial charge in [-0.15, -0.1) is 5.10 Å². The molecule has 0 aliphatic rings. The van der Waals surface area contributed by atoms with Gasteiger partial charge >= 0.3 is 0 Å². The molecular formula is C12H18N4O2S2. The maximum atomic E-state index is 11.9. The third kappa shape index (κ3) is 3.50. The van der Waals surface area contributed by atoms with Gasteiger partial charge in [0.05, 0.1) is 5.60 Å². The van der Waals surface area contributed by atoms with Crippen LogP contribution in [0.25, 0.3) is 4.96 Å². The van der Waals surface area contributed by atoms with Crippen LogP contribution in [0.15, 0.2) is 10.9 Å². The first-order valence-electron chi connectivity index (χ1n) is 6.30. The zero-order valence-corrected chi connectivity index (χ0v) is 13.3. The van der Waals surface area contributed by atoms with Crippen LogP contribution in [0.5, 0.6) is 0 Å². The van der Waals surface area contributed by atoms with Crippen LogP contribution < -0.4 is 10.9 Å². The topological polar surface area (TPSA) is 79.5 Å². The van der Waals surface area contributed by atoms with Gasteiger partial charge in [-0.05, 0) is 19.6 Å². The third-order valence-corrected chi connectivity index (χ3v) is 4.51. The van der Waals surface area contributed by atoms with Crippen LogP contribution >= 0.6 is 23.1 Å². The van der Waals surface area contributed by atoms with Crippen LogP contribution in [0.4, 0.5) is 5.13 Å². The van der Waals surface area contributed by atoms with E-state index in [0.29, 0.717) is 22.4 Å². The van der Waals surface area contributed by atoms with Gasteiger partial charge in [-0.1, -0.05) is 18.3 Å². The van der Waals surface area contributed by atoms with Crippen LogP contribution in [-0.4, -0.2) is 43.9 Å². The van der Waals surface area contributed by atoms with Crippen LogP contribution in [-0.2, 0) is 6.42 Å². The molecule has 1 atom stereocenters. The summed E-state index contributed by atoms with van der Waals surface area (Å²) in [7, 11) is 0. The van der Waals surface area contributed by atoms with E-state index < -0.39 is 5.60 Å². The van der Waals surface area contributed by atoms with Crippen molar-refractivity contribution in [2.24, 2.45) is 0 Å². The van der Waals surface area contributed by atoms with Crippen LogP contribution in [0.2, 0.25) is 0 Å². The van der Waals surface area contributed by atoms with E-state index >= 15 is 0 Å². The average Bonchev–Trinajstić information content (AvgIpc) is 2.80. The molecule has 0 aromatic carbocycles. The third-order valence-electron chi connectivity index (χ3n) is 2.74. The minimum absolute atomic E-state index is 0.174. The number of aliphatic hydroxyl groups is 1. The maximum absolute atomic E-state index is 11.9. The molecule has 1 unspecified atom stereocenters. The number of nitrogens with zero attached hydrogens (tertiary/aromatic N) is 3. The van der Waals surface area contributed by atoms with Crippen LogP contribution in [0.1, 0.15) is 19.5 Å². The predicted molar refractivity (Wildman–Crippen MR) is 84.0 cm³/mol. The SMILES string of the molecule is CCc1cc(=O)n2nc(NCC(C)(O)CSC)sc2n1. The molecule has 2 aromatic heterocycles. The summed E-state index contributed by atoms with van der Waals surface area (Å²) in [6, 6.07) is 1.50. The van der Waals surface area contributed by atoms with E-state index in [1.807, 2.05) is 13.2 Å². The second-order valence-electron chi connectivity index (χ2n) is 4.82. The Morgan fingerprint density at radius 2 is 2.35 bits per heavy atom. The fraction of sp³-hybridized carbons (Fsp3) is 0.583. The smallest absolute Gasteiger partial charge is 0.275 e. The Morgan fingerprint density at radius 1 is 1.60 bits per heavy atom. The Hall–Kier alpha value is -1.12. The number of fused-ring (bicyclic) bond motifs is 1. The standard InChI is InChI=1S/C12H18N4O2S2/c1-4-8-5-9(17)16-11(14-8)20-10(15-16)13-6-12(2,18)7-19-3/h5,18H,4,6-7H2,1-3H3,(H,13,15). The lowest BCUT2D eigenvalue weighted by molar-refractivity contribution is 0.0997. The fourth-order valence-corrected chi connectivity index (χ4v) is 3.28. The number of aryl methyl sites for hydroxylation is 1. The summed E-state index contributed by atoms with van der Waals surface area (Å²) in [5.41, 5.74) is -0.226. The van der Waals surface area contributed by atoms with Gasteiger partial charge in [-0.2, -0.15) is 16.3 Å². The first-order valence-corrected chi connectivity index (χ1v) is 8.51. The van der Waals surface area contributed by atoms with Crippen molar-refractivity contribution in [3.05, 3.63) is 22.1 Å². The molecular weight excluding hydrogens is 296 g/mol. The molecule has 0 aliphatic heterocycles. The molecule has 0 aliphatic carbocycles. The number of hydrogen-bond donors (Lipinski definition) is 2. The van der Waals surface area contributed by atoms with E-state index in [4.69, 9.17) is 0 Å². The highest BCUT2D eigenvalue weighted by Crippen LogP contribution is 2.18. The van der Waals surface area contributed by atoms with Gasteiger partial charge in [-0.3, -0.25) is 4.79 Å². The van der Waals surface area contributed by atoms with Crippen molar-refractivity contribution in [2.75, 3.05) is 23.9 Å². The Labute approximate surface area is 125 Å². The van der Waals surface area contributed by atoms with Crippen molar-refractivity contribution < 1.29 is 5.11 Å². The zero-order chi connectivity index (χ0) is 14.8. The predicted octanol–water partition coefficient (Wildman–Crippen LogP) is 1.24. The molecule has 0 spiro atoms. The molecule has 2 aromatic rings. The summed E-state index contributed by atoms with van der Waals surface area (Å²) in [5.74, 6) is 0.628. The normalized spacial score (nSPS) is 14.4. The Morgan fingerprint density at radius 3 is 3.00 bits per heavy atom. The second-order valence-corrected chi connectivity index (χ2v) is 6.65. The summed E-state index contributed by atoms with van der Waals surface area (Å²) < 4.78 is 1.29. The molecule has 8 heteroatoms. The Balaban J connectivity index is 2.20. The number of thioether (sulfide) groups is 1. The van der Waals surface area contributed by atoms with Gasteiger partial charge in [0, 0.05) is 24.1 Å². The molecule has 0 saturated carbocycles. The monoisotopic (exact) mass is 314 g/mol. The largest absolute Gasteiger partial charge is 0.387 e. The number of aromatic nitrogens is 3. The molecule has 110 valence electrons. The highest BCUT2D eigenvalue weighted by Gasteiger charge is 2.20. The molecule has 0 amide bonds. The number of anilines is 1. The summed E-state index contributed by atoms with van der Waals surface area (Å²) in [5, 5.41) is 17.9. The van der Waals surface area contributed by atoms with E-state index in [-0.39, 0.29) is 5.56 Å². The van der Waals surface area contributed by atoms with E-state index in [1.165, 1.54) is 21.9 Å². The number of hydrogen-bond acceptors (Lipinski definition) is 7. The highest BCUT2D eigenvalue weighted by molar-refractivity contribution is 7.98. The van der Waals surface area contributed by atoms with Crippen molar-refractivity contribution in [1.82, 2.24) is 14.6 Å². The first kappa shape index (κ1) is 15.3. The van der Waals surface area contributed by atoms with Crippen molar-refractivity contribution in [2.45, 2.75) is 25.9 Å². The van der Waals surface area contributed by atoms with Gasteiger partial charge in [0.1, 0.15) is 0 Å². The van der Waals surface area contributed by atoms with Crippen LogP contribution in [0.3, 0.4) is 0 Å². The van der Waals surface area contributed by atoms with Crippen molar-refractivity contribution in [3.63, 3.8) is 0 Å². The lowest BCUT2D eigenvalue weighted by atomic mass is 10.1. The lowest BCUT2D eigenvalue weighted by Gasteiger charge is -2.21. The highest BCUT2D eigenvalue weighted by atomic mass is 32.2. The molecule has 0 radical (unpaired) electrons. The van der Waals surface area contributed by atoms with Gasteiger partial charge in [-0.25, -0.2) is 4.98 Å². The lowest BCUT2D eigenvalue weighted by Crippen LogP contribution is -2.36. The quantitative estimate of drug-likeness (QED) is 0.835.